The van der Waals surface area contributed by atoms with E-state index in [1.807, 2.05) is 6.92 Å². The molecule has 0 bridgehead atoms. The fourth-order valence-electron chi connectivity index (χ4n) is 1.26. The minimum absolute atomic E-state index is 0. The van der Waals surface area contributed by atoms with E-state index in [9.17, 15) is 13.0 Å². The molecule has 1 fully saturated rings. The van der Waals surface area contributed by atoms with Gasteiger partial charge in [-0.25, -0.2) is 13.1 Å². The van der Waals surface area contributed by atoms with Crippen LogP contribution in [0.2, 0.25) is 0 Å². The van der Waals surface area contributed by atoms with E-state index in [4.69, 9.17) is 0 Å². The van der Waals surface area contributed by atoms with Crippen molar-refractivity contribution < 1.29 is 42.5 Å². The molecule has 1 N–H and O–H groups in total. The third-order valence-corrected chi connectivity index (χ3v) is 3.87. The smallest absolute Gasteiger partial charge is 0.735 e. The molecule has 1 saturated heterocycles. The summed E-state index contributed by atoms with van der Waals surface area (Å²) in [7, 11) is -4.27. The number of hydrogen-bond donors (Lipinski definition) is 1. The molecule has 2 atom stereocenters. The van der Waals surface area contributed by atoms with Crippen molar-refractivity contribution in [2.24, 2.45) is 0 Å². The summed E-state index contributed by atoms with van der Waals surface area (Å²) in [6.07, 6.45) is 1.75. The molecule has 0 aromatic rings. The van der Waals surface area contributed by atoms with Gasteiger partial charge in [-0.3, -0.25) is 0 Å². The Labute approximate surface area is 105 Å². The van der Waals surface area contributed by atoms with E-state index in [1.54, 1.807) is 11.8 Å². The van der Waals surface area contributed by atoms with E-state index in [1.165, 1.54) is 0 Å². The second kappa shape index (κ2) is 5.95. The Kier molecular flexibility index (Phi) is 6.50. The topological polar surface area (TPSA) is 69.2 Å². The van der Waals surface area contributed by atoms with Crippen molar-refractivity contribution in [2.75, 3.05) is 5.75 Å². The van der Waals surface area contributed by atoms with E-state index >= 15 is 0 Å². The molecule has 0 amide bonds. The van der Waals surface area contributed by atoms with Gasteiger partial charge in [0.25, 0.3) is 0 Å². The monoisotopic (exact) mass is 233 g/mol. The summed E-state index contributed by atoms with van der Waals surface area (Å²) in [5.74, 6) is 1.05. The molecule has 1 aliphatic rings. The van der Waals surface area contributed by atoms with Gasteiger partial charge in [0.2, 0.25) is 0 Å². The molecule has 0 aliphatic carbocycles. The Morgan fingerprint density at radius 3 is 2.62 bits per heavy atom. The summed E-state index contributed by atoms with van der Waals surface area (Å²) in [6.45, 7) is 1.94. The van der Waals surface area contributed by atoms with Crippen LogP contribution in [0.1, 0.15) is 19.8 Å². The number of rotatable bonds is 2. The van der Waals surface area contributed by atoms with Crippen LogP contribution < -0.4 is 34.3 Å². The first kappa shape index (κ1) is 14.2. The molecule has 2 unspecified atom stereocenters. The molecule has 0 aromatic heterocycles. The minimum Gasteiger partial charge on any atom is -0.735 e. The van der Waals surface area contributed by atoms with Crippen molar-refractivity contribution in [3.05, 3.63) is 0 Å². The zero-order valence-corrected chi connectivity index (χ0v) is 11.5. The van der Waals surface area contributed by atoms with Crippen LogP contribution in [0.4, 0.5) is 0 Å². The van der Waals surface area contributed by atoms with Gasteiger partial charge in [-0.2, -0.15) is 11.8 Å². The molecular formula is C6H12NNaO3S2. The first-order valence-corrected chi connectivity index (χ1v) is 6.29. The minimum atomic E-state index is -4.27. The largest absolute Gasteiger partial charge is 1.00 e. The van der Waals surface area contributed by atoms with Gasteiger partial charge < -0.3 is 4.55 Å². The summed E-state index contributed by atoms with van der Waals surface area (Å²) < 4.78 is 33.2. The number of thioether (sulfide) groups is 1. The Morgan fingerprint density at radius 2 is 2.15 bits per heavy atom. The van der Waals surface area contributed by atoms with Crippen LogP contribution in [0, 0.1) is 0 Å². The van der Waals surface area contributed by atoms with E-state index in [0.29, 0.717) is 0 Å². The zero-order chi connectivity index (χ0) is 9.19. The van der Waals surface area contributed by atoms with Crippen molar-refractivity contribution >= 4 is 22.1 Å². The van der Waals surface area contributed by atoms with E-state index in [-0.39, 0.29) is 40.8 Å². The molecule has 13 heavy (non-hydrogen) atoms. The molecule has 1 aliphatic heterocycles. The Balaban J connectivity index is 0.00000144. The summed E-state index contributed by atoms with van der Waals surface area (Å²) in [6, 6.07) is -0.175. The van der Waals surface area contributed by atoms with Crippen LogP contribution >= 0.6 is 11.8 Å². The second-order valence-corrected chi connectivity index (χ2v) is 5.53. The summed E-state index contributed by atoms with van der Waals surface area (Å²) in [4.78, 5) is 0. The molecule has 0 spiro atoms. The van der Waals surface area contributed by atoms with Crippen LogP contribution in [0.15, 0.2) is 0 Å². The maximum atomic E-state index is 10.4. The standard InChI is InChI=1S/C6H13NO3S2.Na/c1-5-6(3-2-4-11-5)7-12(8,9)10;/h5-7H,2-4H2,1H3,(H,8,9,10);/q;+1/p-1. The maximum Gasteiger partial charge on any atom is 1.00 e. The zero-order valence-electron chi connectivity index (χ0n) is 7.82. The first-order valence-electron chi connectivity index (χ1n) is 3.84. The summed E-state index contributed by atoms with van der Waals surface area (Å²) in [5, 5.41) is 0.211. The molecule has 0 radical (unpaired) electrons. The van der Waals surface area contributed by atoms with E-state index in [0.717, 1.165) is 18.6 Å². The summed E-state index contributed by atoms with van der Waals surface area (Å²) >= 11 is 1.70. The third-order valence-electron chi connectivity index (χ3n) is 1.90. The molecule has 7 heteroatoms. The fraction of sp³-hybridized carbons (Fsp3) is 1.00. The average Bonchev–Trinajstić information content (AvgIpc) is 1.91. The van der Waals surface area contributed by atoms with Crippen LogP contribution in [-0.4, -0.2) is 30.0 Å². The van der Waals surface area contributed by atoms with Crippen LogP contribution in [0.25, 0.3) is 0 Å². The SMILES string of the molecule is CC1SCCCC1NS(=O)(=O)[O-].[Na+]. The van der Waals surface area contributed by atoms with Crippen molar-refractivity contribution in [2.45, 2.75) is 31.1 Å². The van der Waals surface area contributed by atoms with E-state index < -0.39 is 10.3 Å². The van der Waals surface area contributed by atoms with E-state index in [2.05, 4.69) is 4.72 Å². The Morgan fingerprint density at radius 1 is 1.54 bits per heavy atom. The van der Waals surface area contributed by atoms with Crippen molar-refractivity contribution in [1.29, 1.82) is 0 Å². The Bertz CT molecular complexity index is 244. The van der Waals surface area contributed by atoms with Gasteiger partial charge in [0.1, 0.15) is 0 Å². The van der Waals surface area contributed by atoms with Crippen LogP contribution in [0.5, 0.6) is 0 Å². The number of nitrogens with one attached hydrogen (secondary N) is 1. The first-order chi connectivity index (χ1) is 5.49. The predicted octanol–water partition coefficient (Wildman–Crippen LogP) is -2.68. The van der Waals surface area contributed by atoms with Crippen molar-refractivity contribution in [3.63, 3.8) is 0 Å². The van der Waals surface area contributed by atoms with Gasteiger partial charge in [-0.15, -0.1) is 0 Å². The molecule has 1 heterocycles. The van der Waals surface area contributed by atoms with Crippen molar-refractivity contribution in [3.8, 4) is 0 Å². The van der Waals surface area contributed by atoms with Gasteiger partial charge in [0, 0.05) is 11.3 Å². The molecular weight excluding hydrogens is 221 g/mol. The quantitative estimate of drug-likeness (QED) is 0.417. The fourth-order valence-corrected chi connectivity index (χ4v) is 3.18. The molecule has 0 aromatic carbocycles. The van der Waals surface area contributed by atoms with Gasteiger partial charge in [0.05, 0.1) is 0 Å². The Hall–Kier alpha value is 1.22. The molecule has 72 valence electrons. The van der Waals surface area contributed by atoms with Gasteiger partial charge in [-0.1, -0.05) is 6.92 Å². The second-order valence-electron chi connectivity index (χ2n) is 2.90. The summed E-state index contributed by atoms with van der Waals surface area (Å²) in [5.41, 5.74) is 0. The third kappa shape index (κ3) is 5.61. The van der Waals surface area contributed by atoms with Crippen molar-refractivity contribution in [1.82, 2.24) is 4.72 Å². The predicted molar refractivity (Wildman–Crippen MR) is 47.8 cm³/mol. The van der Waals surface area contributed by atoms with Gasteiger partial charge in [0.15, 0.2) is 10.3 Å². The molecule has 4 nitrogen and oxygen atoms in total. The maximum absolute atomic E-state index is 10.4. The normalized spacial score (nSPS) is 29.4. The van der Waals surface area contributed by atoms with Gasteiger partial charge >= 0.3 is 29.6 Å². The molecule has 1 rings (SSSR count). The van der Waals surface area contributed by atoms with Crippen LogP contribution in [-0.2, 0) is 10.3 Å². The molecule has 0 saturated carbocycles. The van der Waals surface area contributed by atoms with Gasteiger partial charge in [-0.05, 0) is 18.6 Å². The van der Waals surface area contributed by atoms with Crippen LogP contribution in [0.3, 0.4) is 0 Å². The number of hydrogen-bond acceptors (Lipinski definition) is 4. The average molecular weight is 233 g/mol.